The maximum Gasteiger partial charge on any atom is 0.142 e. The number of ether oxygens (including phenoxy) is 1. The van der Waals surface area contributed by atoms with Gasteiger partial charge in [-0.2, -0.15) is 0 Å². The Morgan fingerprint density at radius 3 is 2.38 bits per heavy atom. The van der Waals surface area contributed by atoms with E-state index in [9.17, 15) is 9.18 Å². The summed E-state index contributed by atoms with van der Waals surface area (Å²) < 4.78 is 19.0. The van der Waals surface area contributed by atoms with Gasteiger partial charge in [0.25, 0.3) is 0 Å². The quantitative estimate of drug-likeness (QED) is 0.525. The molecule has 0 radical (unpaired) electrons. The lowest BCUT2D eigenvalue weighted by atomic mass is 9.86. The van der Waals surface area contributed by atoms with Crippen LogP contribution in [0.15, 0.2) is 36.4 Å². The Balaban J connectivity index is 2.89. The molecule has 2 aromatic rings. The molecule has 0 saturated heterocycles. The largest absolute Gasteiger partial charge is 0.496 e. The molecule has 2 aromatic carbocycles. The summed E-state index contributed by atoms with van der Waals surface area (Å²) in [5, 5.41) is 0. The maximum atomic E-state index is 13.3. The summed E-state index contributed by atoms with van der Waals surface area (Å²) in [4.78, 5) is 10.9. The zero-order valence-corrected chi connectivity index (χ0v) is 14.6. The number of rotatable bonds is 6. The molecule has 0 aliphatic carbocycles. The molecule has 2 rings (SSSR count). The molecule has 0 fully saturated rings. The van der Waals surface area contributed by atoms with Gasteiger partial charge in [0.2, 0.25) is 0 Å². The first kappa shape index (κ1) is 17.9. The number of benzene rings is 2. The monoisotopic (exact) mass is 326 g/mol. The van der Waals surface area contributed by atoms with E-state index in [-0.39, 0.29) is 11.7 Å². The second kappa shape index (κ2) is 7.91. The predicted molar refractivity (Wildman–Crippen MR) is 97.0 cm³/mol. The lowest BCUT2D eigenvalue weighted by Crippen LogP contribution is -2.03. The minimum Gasteiger partial charge on any atom is -0.496 e. The van der Waals surface area contributed by atoms with Crippen molar-refractivity contribution >= 4 is 12.4 Å². The Kier molecular flexibility index (Phi) is 5.91. The molecule has 0 saturated carbocycles. The summed E-state index contributed by atoms with van der Waals surface area (Å²) in [5.74, 6) is 0.782. The molecule has 0 aliphatic rings. The fraction of sp³-hybridized carbons (Fsp3) is 0.286. The van der Waals surface area contributed by atoms with E-state index in [0.717, 1.165) is 46.3 Å². The van der Waals surface area contributed by atoms with Crippen LogP contribution in [-0.4, -0.2) is 13.4 Å². The van der Waals surface area contributed by atoms with Crippen LogP contribution in [0.3, 0.4) is 0 Å². The molecule has 0 N–H and O–H groups in total. The van der Waals surface area contributed by atoms with E-state index in [1.54, 1.807) is 19.2 Å². The van der Waals surface area contributed by atoms with E-state index in [4.69, 9.17) is 4.74 Å². The Morgan fingerprint density at radius 2 is 1.88 bits per heavy atom. The zero-order valence-electron chi connectivity index (χ0n) is 14.6. The number of allylic oxidation sites excluding steroid dienone is 1. The van der Waals surface area contributed by atoms with Gasteiger partial charge in [-0.15, -0.1) is 0 Å². The van der Waals surface area contributed by atoms with Crippen LogP contribution in [0.2, 0.25) is 0 Å². The number of hydrogen-bond donors (Lipinski definition) is 0. The van der Waals surface area contributed by atoms with Gasteiger partial charge in [0.15, 0.2) is 0 Å². The van der Waals surface area contributed by atoms with E-state index < -0.39 is 0 Å². The van der Waals surface area contributed by atoms with E-state index in [2.05, 4.69) is 26.8 Å². The maximum absolute atomic E-state index is 13.3. The number of aryl methyl sites for hydroxylation is 1. The second-order valence-electron chi connectivity index (χ2n) is 5.96. The Morgan fingerprint density at radius 1 is 1.21 bits per heavy atom. The van der Waals surface area contributed by atoms with Crippen LogP contribution >= 0.6 is 0 Å². The van der Waals surface area contributed by atoms with Gasteiger partial charge in [-0.1, -0.05) is 45.0 Å². The number of methoxy groups -OCH3 is 1. The third-order valence-corrected chi connectivity index (χ3v) is 4.11. The molecule has 0 atom stereocenters. The van der Waals surface area contributed by atoms with Gasteiger partial charge < -0.3 is 4.74 Å². The van der Waals surface area contributed by atoms with Gasteiger partial charge in [-0.25, -0.2) is 4.39 Å². The van der Waals surface area contributed by atoms with Gasteiger partial charge in [0, 0.05) is 5.56 Å². The molecule has 0 amide bonds. The van der Waals surface area contributed by atoms with Gasteiger partial charge in [-0.3, -0.25) is 4.79 Å². The molecule has 0 aliphatic heterocycles. The summed E-state index contributed by atoms with van der Waals surface area (Å²) in [5.41, 5.74) is 4.96. The van der Waals surface area contributed by atoms with Crippen molar-refractivity contribution in [3.63, 3.8) is 0 Å². The van der Waals surface area contributed by atoms with Crippen LogP contribution in [0.5, 0.6) is 5.75 Å². The minimum absolute atomic E-state index is 0.279. The van der Waals surface area contributed by atoms with Crippen molar-refractivity contribution in [2.75, 3.05) is 7.11 Å². The number of carbonyl (C=O) groups excluding carboxylic acids is 1. The average Bonchev–Trinajstić information content (AvgIpc) is 2.59. The van der Waals surface area contributed by atoms with Crippen LogP contribution in [-0.2, 0) is 11.2 Å². The molecule has 0 unspecified atom stereocenters. The SMILES string of the molecule is CCc1cc(C(C)C)c(C=CC=O)c(-c2ccc(F)cc2)c1OC. The van der Waals surface area contributed by atoms with Crippen molar-refractivity contribution in [1.82, 2.24) is 0 Å². The molecule has 3 heteroatoms. The topological polar surface area (TPSA) is 26.3 Å². The fourth-order valence-electron chi connectivity index (χ4n) is 2.95. The normalized spacial score (nSPS) is 11.2. The highest BCUT2D eigenvalue weighted by Gasteiger charge is 2.19. The minimum atomic E-state index is -0.279. The first-order valence-corrected chi connectivity index (χ1v) is 8.15. The molecule has 126 valence electrons. The molecule has 0 spiro atoms. The number of carbonyl (C=O) groups is 1. The molecule has 0 aromatic heterocycles. The third-order valence-electron chi connectivity index (χ3n) is 4.11. The molecular weight excluding hydrogens is 303 g/mol. The van der Waals surface area contributed by atoms with Crippen molar-refractivity contribution in [1.29, 1.82) is 0 Å². The smallest absolute Gasteiger partial charge is 0.142 e. The van der Waals surface area contributed by atoms with Crippen LogP contribution in [0.25, 0.3) is 17.2 Å². The molecule has 24 heavy (non-hydrogen) atoms. The van der Waals surface area contributed by atoms with Crippen LogP contribution in [0.1, 0.15) is 43.4 Å². The first-order valence-electron chi connectivity index (χ1n) is 8.15. The zero-order chi connectivity index (χ0) is 17.7. The Labute approximate surface area is 143 Å². The highest BCUT2D eigenvalue weighted by molar-refractivity contribution is 5.87. The third kappa shape index (κ3) is 3.56. The molecule has 2 nitrogen and oxygen atoms in total. The second-order valence-corrected chi connectivity index (χ2v) is 5.96. The van der Waals surface area contributed by atoms with Gasteiger partial charge in [-0.05, 0) is 52.8 Å². The van der Waals surface area contributed by atoms with Crippen molar-refractivity contribution in [3.05, 3.63) is 58.9 Å². The number of aldehydes is 1. The highest BCUT2D eigenvalue weighted by atomic mass is 19.1. The van der Waals surface area contributed by atoms with Crippen molar-refractivity contribution in [2.24, 2.45) is 0 Å². The predicted octanol–water partition coefficient (Wildman–Crippen LogP) is 5.40. The fourth-order valence-corrected chi connectivity index (χ4v) is 2.95. The van der Waals surface area contributed by atoms with E-state index in [0.29, 0.717) is 0 Å². The summed E-state index contributed by atoms with van der Waals surface area (Å²) in [6.45, 7) is 6.32. The molecule has 0 heterocycles. The van der Waals surface area contributed by atoms with Crippen LogP contribution in [0.4, 0.5) is 4.39 Å². The van der Waals surface area contributed by atoms with E-state index >= 15 is 0 Å². The lowest BCUT2D eigenvalue weighted by molar-refractivity contribution is -0.104. The van der Waals surface area contributed by atoms with Gasteiger partial charge in [0.05, 0.1) is 7.11 Å². The Hall–Kier alpha value is -2.42. The summed E-state index contributed by atoms with van der Waals surface area (Å²) in [6.07, 6.45) is 4.88. The van der Waals surface area contributed by atoms with Crippen molar-refractivity contribution in [2.45, 2.75) is 33.1 Å². The highest BCUT2D eigenvalue weighted by Crippen LogP contribution is 2.41. The van der Waals surface area contributed by atoms with Gasteiger partial charge >= 0.3 is 0 Å². The first-order chi connectivity index (χ1) is 11.5. The van der Waals surface area contributed by atoms with Gasteiger partial charge in [0.1, 0.15) is 17.9 Å². The van der Waals surface area contributed by atoms with Crippen LogP contribution < -0.4 is 4.74 Å². The van der Waals surface area contributed by atoms with Crippen molar-refractivity contribution in [3.8, 4) is 16.9 Å². The number of hydrogen-bond acceptors (Lipinski definition) is 2. The Bertz CT molecular complexity index is 743. The summed E-state index contributed by atoms with van der Waals surface area (Å²) >= 11 is 0. The standard InChI is InChI=1S/C21H23FO2/c1-5-15-13-19(14(2)3)18(7-6-12-23)20(21(15)24-4)16-8-10-17(22)11-9-16/h6-14H,5H2,1-4H3. The molecule has 0 bridgehead atoms. The van der Waals surface area contributed by atoms with E-state index in [1.807, 2.05) is 6.08 Å². The summed E-state index contributed by atoms with van der Waals surface area (Å²) in [7, 11) is 1.64. The van der Waals surface area contributed by atoms with Crippen LogP contribution in [0, 0.1) is 5.82 Å². The number of halogens is 1. The average molecular weight is 326 g/mol. The molecular formula is C21H23FO2. The summed E-state index contributed by atoms with van der Waals surface area (Å²) in [6, 6.07) is 8.51. The lowest BCUT2D eigenvalue weighted by Gasteiger charge is -2.21. The van der Waals surface area contributed by atoms with E-state index in [1.165, 1.54) is 18.2 Å². The van der Waals surface area contributed by atoms with Crippen molar-refractivity contribution < 1.29 is 13.9 Å².